The fraction of sp³-hybridized carbons (Fsp3) is 0.280. The van der Waals surface area contributed by atoms with E-state index in [4.69, 9.17) is 10.8 Å². The quantitative estimate of drug-likeness (QED) is 0.389. The number of phenolic OH excluding ortho intramolecular Hbond substituents is 1. The van der Waals surface area contributed by atoms with Gasteiger partial charge in [0.05, 0.1) is 17.1 Å². The molecule has 0 saturated heterocycles. The van der Waals surface area contributed by atoms with Crippen LogP contribution in [0.25, 0.3) is 22.3 Å². The van der Waals surface area contributed by atoms with E-state index in [9.17, 15) is 14.3 Å². The molecule has 0 radical (unpaired) electrons. The molecule has 2 aromatic heterocycles. The number of phenols is 1. The normalized spacial score (nSPS) is 13.9. The molecule has 0 bridgehead atoms. The minimum absolute atomic E-state index is 0.121. The highest BCUT2D eigenvalue weighted by molar-refractivity contribution is 5.99. The van der Waals surface area contributed by atoms with Crippen LogP contribution in [0.3, 0.4) is 0 Å². The second kappa shape index (κ2) is 8.86. The summed E-state index contributed by atoms with van der Waals surface area (Å²) in [4.78, 5) is 22.6. The van der Waals surface area contributed by atoms with Crippen LogP contribution in [-0.4, -0.2) is 49.8 Å². The van der Waals surface area contributed by atoms with Gasteiger partial charge in [0.2, 0.25) is 5.95 Å². The van der Waals surface area contributed by atoms with E-state index in [0.717, 1.165) is 25.7 Å². The predicted octanol–water partition coefficient (Wildman–Crippen LogP) is 4.48. The van der Waals surface area contributed by atoms with Crippen molar-refractivity contribution in [3.63, 3.8) is 0 Å². The van der Waals surface area contributed by atoms with Gasteiger partial charge in [-0.3, -0.25) is 4.79 Å². The molecule has 5 rings (SSSR count). The molecule has 2 aromatic carbocycles. The van der Waals surface area contributed by atoms with Gasteiger partial charge in [0.25, 0.3) is 5.91 Å². The summed E-state index contributed by atoms with van der Waals surface area (Å²) in [5, 5.41) is 18.3. The summed E-state index contributed by atoms with van der Waals surface area (Å²) in [6.45, 7) is 0. The van der Waals surface area contributed by atoms with Crippen LogP contribution in [0.5, 0.6) is 5.75 Å². The molecule has 0 aliphatic heterocycles. The van der Waals surface area contributed by atoms with Crippen LogP contribution in [0.4, 0.5) is 21.8 Å². The standard InChI is InChI=1S/C25H26FN7O2/c1-32(2)24(35)15-10-11-19(18(26)13-15)28-25-29-22(27)20-21(14-6-5-9-17(34)12-14)31-33(23(20)30-25)16-7-3-4-8-16/h5-6,9-13,16,34H,3-4,7-8H2,1-2H3,(H3,27,28,29,30). The fourth-order valence-corrected chi connectivity index (χ4v) is 4.51. The zero-order chi connectivity index (χ0) is 24.7. The van der Waals surface area contributed by atoms with Gasteiger partial charge in [-0.05, 0) is 43.2 Å². The largest absolute Gasteiger partial charge is 0.508 e. The topological polar surface area (TPSA) is 122 Å². The minimum atomic E-state index is -0.607. The number of rotatable bonds is 5. The average molecular weight is 476 g/mol. The smallest absolute Gasteiger partial charge is 0.253 e. The van der Waals surface area contributed by atoms with Crippen LogP contribution < -0.4 is 11.1 Å². The summed E-state index contributed by atoms with van der Waals surface area (Å²) >= 11 is 0. The molecule has 1 amide bonds. The summed E-state index contributed by atoms with van der Waals surface area (Å²) in [5.41, 5.74) is 8.58. The van der Waals surface area contributed by atoms with Crippen LogP contribution >= 0.6 is 0 Å². The SMILES string of the molecule is CN(C)C(=O)c1ccc(Nc2nc(N)c3c(-c4cccc(O)c4)nn(C4CCCC4)c3n2)c(F)c1. The highest BCUT2D eigenvalue weighted by Crippen LogP contribution is 2.38. The molecule has 9 nitrogen and oxygen atoms in total. The molecule has 0 unspecified atom stereocenters. The number of nitrogen functional groups attached to an aromatic ring is 1. The molecule has 180 valence electrons. The number of hydrogen-bond donors (Lipinski definition) is 3. The lowest BCUT2D eigenvalue weighted by Gasteiger charge is -2.13. The number of halogens is 1. The Labute approximate surface area is 201 Å². The maximum absolute atomic E-state index is 14.8. The molecule has 1 aliphatic rings. The molecular weight excluding hydrogens is 449 g/mol. The molecule has 1 fully saturated rings. The van der Waals surface area contributed by atoms with Crippen molar-refractivity contribution in [3.05, 3.63) is 53.8 Å². The average Bonchev–Trinajstić information content (AvgIpc) is 3.48. The number of fused-ring (bicyclic) bond motifs is 1. The van der Waals surface area contributed by atoms with Gasteiger partial charge >= 0.3 is 0 Å². The van der Waals surface area contributed by atoms with E-state index in [-0.39, 0.29) is 40.7 Å². The highest BCUT2D eigenvalue weighted by atomic mass is 19.1. The highest BCUT2D eigenvalue weighted by Gasteiger charge is 2.26. The number of nitrogens with two attached hydrogens (primary N) is 1. The maximum atomic E-state index is 14.8. The van der Waals surface area contributed by atoms with Gasteiger partial charge < -0.3 is 21.1 Å². The van der Waals surface area contributed by atoms with Crippen LogP contribution in [0.2, 0.25) is 0 Å². The second-order valence-corrected chi connectivity index (χ2v) is 8.93. The first-order valence-electron chi connectivity index (χ1n) is 11.4. The fourth-order valence-electron chi connectivity index (χ4n) is 4.51. The summed E-state index contributed by atoms with van der Waals surface area (Å²) in [6, 6.07) is 11.2. The zero-order valence-electron chi connectivity index (χ0n) is 19.5. The van der Waals surface area contributed by atoms with Gasteiger partial charge in [-0.2, -0.15) is 15.1 Å². The van der Waals surface area contributed by atoms with E-state index in [0.29, 0.717) is 22.3 Å². The van der Waals surface area contributed by atoms with E-state index >= 15 is 0 Å². The van der Waals surface area contributed by atoms with Gasteiger partial charge in [-0.25, -0.2) is 9.07 Å². The van der Waals surface area contributed by atoms with Crippen molar-refractivity contribution in [1.29, 1.82) is 0 Å². The molecule has 35 heavy (non-hydrogen) atoms. The number of carbonyl (C=O) groups is 1. The van der Waals surface area contributed by atoms with Gasteiger partial charge in [0.15, 0.2) is 5.65 Å². The summed E-state index contributed by atoms with van der Waals surface area (Å²) in [7, 11) is 3.22. The van der Waals surface area contributed by atoms with E-state index < -0.39 is 5.82 Å². The minimum Gasteiger partial charge on any atom is -0.508 e. The molecule has 1 saturated carbocycles. The molecular formula is C25H26FN7O2. The number of hydrogen-bond acceptors (Lipinski definition) is 7. The molecule has 1 aliphatic carbocycles. The van der Waals surface area contributed by atoms with Crippen LogP contribution in [0, 0.1) is 5.82 Å². The third-order valence-electron chi connectivity index (χ3n) is 6.24. The number of nitrogens with zero attached hydrogens (tertiary/aromatic N) is 5. The van der Waals surface area contributed by atoms with Crippen molar-refractivity contribution in [1.82, 2.24) is 24.6 Å². The number of aromatic nitrogens is 4. The van der Waals surface area contributed by atoms with Gasteiger partial charge in [-0.1, -0.05) is 25.0 Å². The molecule has 0 spiro atoms. The van der Waals surface area contributed by atoms with Crippen LogP contribution in [-0.2, 0) is 0 Å². The van der Waals surface area contributed by atoms with E-state index in [1.807, 2.05) is 10.7 Å². The van der Waals surface area contributed by atoms with E-state index in [1.165, 1.54) is 17.0 Å². The molecule has 10 heteroatoms. The van der Waals surface area contributed by atoms with E-state index in [2.05, 4.69) is 15.3 Å². The third-order valence-corrected chi connectivity index (χ3v) is 6.24. The Kier molecular flexibility index (Phi) is 5.72. The lowest BCUT2D eigenvalue weighted by molar-refractivity contribution is 0.0827. The van der Waals surface area contributed by atoms with Crippen molar-refractivity contribution in [2.24, 2.45) is 0 Å². The van der Waals surface area contributed by atoms with Crippen molar-refractivity contribution in [3.8, 4) is 17.0 Å². The Morgan fingerprint density at radius 2 is 1.94 bits per heavy atom. The van der Waals surface area contributed by atoms with Crippen molar-refractivity contribution >= 4 is 34.4 Å². The van der Waals surface area contributed by atoms with Crippen LogP contribution in [0.15, 0.2) is 42.5 Å². The number of nitrogens with one attached hydrogen (secondary N) is 1. The first-order valence-corrected chi connectivity index (χ1v) is 11.4. The predicted molar refractivity (Wildman–Crippen MR) is 132 cm³/mol. The number of carbonyl (C=O) groups excluding carboxylic acids is 1. The summed E-state index contributed by atoms with van der Waals surface area (Å²) < 4.78 is 16.7. The zero-order valence-corrected chi connectivity index (χ0v) is 19.5. The Morgan fingerprint density at radius 3 is 2.63 bits per heavy atom. The van der Waals surface area contributed by atoms with E-state index in [1.54, 1.807) is 38.4 Å². The number of benzene rings is 2. The monoisotopic (exact) mass is 475 g/mol. The first kappa shape index (κ1) is 22.6. The Bertz CT molecular complexity index is 1430. The molecule has 4 aromatic rings. The third kappa shape index (κ3) is 4.23. The molecule has 0 atom stereocenters. The number of amides is 1. The van der Waals surface area contributed by atoms with Crippen molar-refractivity contribution in [2.75, 3.05) is 25.1 Å². The Hall–Kier alpha value is -4.21. The second-order valence-electron chi connectivity index (χ2n) is 8.93. The number of aromatic hydroxyl groups is 1. The lowest BCUT2D eigenvalue weighted by Crippen LogP contribution is -2.21. The molecule has 4 N–H and O–H groups in total. The number of anilines is 3. The van der Waals surface area contributed by atoms with Gasteiger partial charge in [0, 0.05) is 25.2 Å². The summed E-state index contributed by atoms with van der Waals surface area (Å²) in [6.07, 6.45) is 4.14. The first-order chi connectivity index (χ1) is 16.8. The molecule has 2 heterocycles. The lowest BCUT2D eigenvalue weighted by atomic mass is 10.1. The van der Waals surface area contributed by atoms with Crippen LogP contribution in [0.1, 0.15) is 42.1 Å². The van der Waals surface area contributed by atoms with Crippen molar-refractivity contribution in [2.45, 2.75) is 31.7 Å². The summed E-state index contributed by atoms with van der Waals surface area (Å²) in [5.74, 6) is -0.459. The Balaban J connectivity index is 1.58. The van der Waals surface area contributed by atoms with Gasteiger partial charge in [-0.15, -0.1) is 0 Å². The van der Waals surface area contributed by atoms with Gasteiger partial charge in [0.1, 0.15) is 23.1 Å². The van der Waals surface area contributed by atoms with Crippen molar-refractivity contribution < 1.29 is 14.3 Å². The Morgan fingerprint density at radius 1 is 1.17 bits per heavy atom. The maximum Gasteiger partial charge on any atom is 0.253 e.